The van der Waals surface area contributed by atoms with E-state index in [9.17, 15) is 0 Å². The number of thiazole rings is 1. The fraction of sp³-hybridized carbons (Fsp3) is 0.800. The standard InChI is InChI=1S/C15H26N2OS/c1-5-9-16-15(10-18-4,12-7-8-12)14-17-13(6-2)11(3)19-14/h12,16H,5-10H2,1-4H3. The van der Waals surface area contributed by atoms with Crippen LogP contribution >= 0.6 is 11.3 Å². The molecule has 1 aromatic heterocycles. The van der Waals surface area contributed by atoms with Gasteiger partial charge < -0.3 is 10.1 Å². The molecule has 0 spiro atoms. The summed E-state index contributed by atoms with van der Waals surface area (Å²) in [5.74, 6) is 0.689. The Morgan fingerprint density at radius 3 is 2.63 bits per heavy atom. The number of aromatic nitrogens is 1. The van der Waals surface area contributed by atoms with Crippen LogP contribution in [-0.2, 0) is 16.7 Å². The molecule has 0 aromatic carbocycles. The minimum Gasteiger partial charge on any atom is -0.382 e. The SMILES string of the molecule is CCCNC(COC)(c1nc(CC)c(C)s1)C1CC1. The highest BCUT2D eigenvalue weighted by molar-refractivity contribution is 7.11. The first-order chi connectivity index (χ1) is 9.17. The predicted octanol–water partition coefficient (Wildman–Crippen LogP) is 3.27. The Kier molecular flexibility index (Phi) is 4.98. The molecule has 0 bridgehead atoms. The molecule has 0 aliphatic heterocycles. The second-order valence-corrected chi connectivity index (χ2v) is 6.68. The Balaban J connectivity index is 2.33. The van der Waals surface area contributed by atoms with Gasteiger partial charge in [0, 0.05) is 12.0 Å². The number of nitrogens with one attached hydrogen (secondary N) is 1. The second kappa shape index (κ2) is 6.33. The van der Waals surface area contributed by atoms with Crippen molar-refractivity contribution in [2.45, 2.75) is 52.0 Å². The molecule has 2 rings (SSSR count). The summed E-state index contributed by atoms with van der Waals surface area (Å²) in [6.45, 7) is 8.33. The van der Waals surface area contributed by atoms with Crippen LogP contribution in [0.5, 0.6) is 0 Å². The van der Waals surface area contributed by atoms with Crippen LogP contribution in [0.25, 0.3) is 0 Å². The fourth-order valence-electron chi connectivity index (χ4n) is 2.72. The number of hydrogen-bond donors (Lipinski definition) is 1. The first kappa shape index (κ1) is 14.9. The van der Waals surface area contributed by atoms with Gasteiger partial charge in [-0.25, -0.2) is 4.98 Å². The quantitative estimate of drug-likeness (QED) is 0.794. The van der Waals surface area contributed by atoms with Crippen LogP contribution in [0, 0.1) is 12.8 Å². The summed E-state index contributed by atoms with van der Waals surface area (Å²) in [7, 11) is 1.80. The third-order valence-corrected chi connectivity index (χ3v) is 5.14. The molecule has 0 radical (unpaired) electrons. The number of rotatable bonds is 8. The van der Waals surface area contributed by atoms with Crippen LogP contribution in [0.15, 0.2) is 0 Å². The van der Waals surface area contributed by atoms with Gasteiger partial charge in [-0.2, -0.15) is 0 Å². The largest absolute Gasteiger partial charge is 0.382 e. The molecule has 1 aromatic rings. The Morgan fingerprint density at radius 2 is 2.16 bits per heavy atom. The smallest absolute Gasteiger partial charge is 0.116 e. The van der Waals surface area contributed by atoms with E-state index in [1.54, 1.807) is 7.11 Å². The minimum atomic E-state index is -0.0480. The van der Waals surface area contributed by atoms with Crippen molar-refractivity contribution in [3.8, 4) is 0 Å². The number of nitrogens with zero attached hydrogens (tertiary/aromatic N) is 1. The molecule has 4 heteroatoms. The van der Waals surface area contributed by atoms with E-state index >= 15 is 0 Å². The molecular formula is C15H26N2OS. The van der Waals surface area contributed by atoms with Crippen LogP contribution in [0.1, 0.15) is 48.7 Å². The van der Waals surface area contributed by atoms with E-state index in [2.05, 4.69) is 26.1 Å². The zero-order chi connectivity index (χ0) is 13.9. The van der Waals surface area contributed by atoms with E-state index in [1.807, 2.05) is 11.3 Å². The summed E-state index contributed by atoms with van der Waals surface area (Å²) in [6, 6.07) is 0. The lowest BCUT2D eigenvalue weighted by molar-refractivity contribution is 0.0925. The Bertz CT molecular complexity index is 414. The molecule has 108 valence electrons. The van der Waals surface area contributed by atoms with Crippen molar-refractivity contribution in [1.82, 2.24) is 10.3 Å². The summed E-state index contributed by atoms with van der Waals surface area (Å²) in [5, 5.41) is 4.99. The van der Waals surface area contributed by atoms with Gasteiger partial charge in [0.05, 0.1) is 17.8 Å². The lowest BCUT2D eigenvalue weighted by Crippen LogP contribution is -2.48. The van der Waals surface area contributed by atoms with Gasteiger partial charge in [-0.05, 0) is 45.1 Å². The summed E-state index contributed by atoms with van der Waals surface area (Å²) < 4.78 is 5.55. The van der Waals surface area contributed by atoms with Crippen LogP contribution in [0.4, 0.5) is 0 Å². The van der Waals surface area contributed by atoms with Crippen LogP contribution in [0.2, 0.25) is 0 Å². The maximum atomic E-state index is 5.55. The van der Waals surface area contributed by atoms with E-state index in [1.165, 1.54) is 28.4 Å². The van der Waals surface area contributed by atoms with Gasteiger partial charge in [0.1, 0.15) is 5.01 Å². The Labute approximate surface area is 120 Å². The monoisotopic (exact) mass is 282 g/mol. The molecule has 1 aliphatic carbocycles. The van der Waals surface area contributed by atoms with E-state index in [0.717, 1.165) is 26.0 Å². The minimum absolute atomic E-state index is 0.0480. The maximum Gasteiger partial charge on any atom is 0.116 e. The highest BCUT2D eigenvalue weighted by Gasteiger charge is 2.48. The first-order valence-electron chi connectivity index (χ1n) is 7.38. The van der Waals surface area contributed by atoms with Gasteiger partial charge in [0.2, 0.25) is 0 Å². The number of aryl methyl sites for hydroxylation is 2. The van der Waals surface area contributed by atoms with Crippen molar-refractivity contribution in [2.75, 3.05) is 20.3 Å². The molecule has 1 saturated carbocycles. The molecule has 1 N–H and O–H groups in total. The number of ether oxygens (including phenoxy) is 1. The van der Waals surface area contributed by atoms with Crippen molar-refractivity contribution in [2.24, 2.45) is 5.92 Å². The number of hydrogen-bond acceptors (Lipinski definition) is 4. The van der Waals surface area contributed by atoms with Gasteiger partial charge in [0.25, 0.3) is 0 Å². The zero-order valence-corrected chi connectivity index (χ0v) is 13.4. The molecule has 1 unspecified atom stereocenters. The summed E-state index contributed by atoms with van der Waals surface area (Å²) >= 11 is 1.85. The molecule has 0 amide bonds. The lowest BCUT2D eigenvalue weighted by atomic mass is 9.94. The molecule has 3 nitrogen and oxygen atoms in total. The van der Waals surface area contributed by atoms with Gasteiger partial charge in [-0.3, -0.25) is 0 Å². The molecule has 1 heterocycles. The predicted molar refractivity (Wildman–Crippen MR) is 80.8 cm³/mol. The van der Waals surface area contributed by atoms with Crippen molar-refractivity contribution in [1.29, 1.82) is 0 Å². The second-order valence-electron chi connectivity index (χ2n) is 5.48. The topological polar surface area (TPSA) is 34.1 Å². The van der Waals surface area contributed by atoms with Crippen LogP contribution in [-0.4, -0.2) is 25.2 Å². The molecule has 1 atom stereocenters. The normalized spacial score (nSPS) is 18.5. The molecule has 19 heavy (non-hydrogen) atoms. The van der Waals surface area contributed by atoms with Gasteiger partial charge >= 0.3 is 0 Å². The fourth-order valence-corrected chi connectivity index (χ4v) is 3.96. The molecular weight excluding hydrogens is 256 g/mol. The summed E-state index contributed by atoms with van der Waals surface area (Å²) in [4.78, 5) is 6.27. The van der Waals surface area contributed by atoms with Crippen molar-refractivity contribution < 1.29 is 4.74 Å². The molecule has 1 aliphatic rings. The highest BCUT2D eigenvalue weighted by atomic mass is 32.1. The summed E-state index contributed by atoms with van der Waals surface area (Å²) in [6.07, 6.45) is 4.74. The molecule has 1 fully saturated rings. The Hall–Kier alpha value is -0.450. The summed E-state index contributed by atoms with van der Waals surface area (Å²) in [5.41, 5.74) is 1.20. The maximum absolute atomic E-state index is 5.55. The van der Waals surface area contributed by atoms with Crippen molar-refractivity contribution >= 4 is 11.3 Å². The third kappa shape index (κ3) is 3.01. The lowest BCUT2D eigenvalue weighted by Gasteiger charge is -2.32. The van der Waals surface area contributed by atoms with Gasteiger partial charge in [-0.15, -0.1) is 11.3 Å². The van der Waals surface area contributed by atoms with E-state index in [0.29, 0.717) is 5.92 Å². The van der Waals surface area contributed by atoms with E-state index in [-0.39, 0.29) is 5.54 Å². The van der Waals surface area contributed by atoms with Crippen LogP contribution in [0.3, 0.4) is 0 Å². The molecule has 0 saturated heterocycles. The van der Waals surface area contributed by atoms with Gasteiger partial charge in [0.15, 0.2) is 0 Å². The van der Waals surface area contributed by atoms with Crippen molar-refractivity contribution in [3.05, 3.63) is 15.6 Å². The Morgan fingerprint density at radius 1 is 1.42 bits per heavy atom. The van der Waals surface area contributed by atoms with Gasteiger partial charge in [-0.1, -0.05) is 13.8 Å². The van der Waals surface area contributed by atoms with Crippen molar-refractivity contribution in [3.63, 3.8) is 0 Å². The zero-order valence-electron chi connectivity index (χ0n) is 12.6. The van der Waals surface area contributed by atoms with Crippen LogP contribution < -0.4 is 5.32 Å². The van der Waals surface area contributed by atoms with E-state index < -0.39 is 0 Å². The average Bonchev–Trinajstić information content (AvgIpc) is 3.18. The average molecular weight is 282 g/mol. The first-order valence-corrected chi connectivity index (χ1v) is 8.20. The van der Waals surface area contributed by atoms with E-state index in [4.69, 9.17) is 9.72 Å². The highest BCUT2D eigenvalue weighted by Crippen LogP contribution is 2.47. The third-order valence-electron chi connectivity index (χ3n) is 3.95. The number of methoxy groups -OCH3 is 1.